The van der Waals surface area contributed by atoms with Gasteiger partial charge >= 0.3 is 6.36 Å². The van der Waals surface area contributed by atoms with E-state index in [2.05, 4.69) is 9.72 Å². The van der Waals surface area contributed by atoms with Crippen molar-refractivity contribution in [3.63, 3.8) is 0 Å². The lowest BCUT2D eigenvalue weighted by Gasteiger charge is -2.08. The molecule has 6 nitrogen and oxygen atoms in total. The number of nitro benzene ring substituents is 1. The highest BCUT2D eigenvalue weighted by molar-refractivity contribution is 7.13. The molecule has 3 aromatic rings. The van der Waals surface area contributed by atoms with E-state index in [1.165, 1.54) is 59.9 Å². The SMILES string of the molecule is O=[N+]([O-])c1ccc(OCCc2csc(-c3ccc(OC(F)(F)F)cc3)n2)cc1. The van der Waals surface area contributed by atoms with E-state index >= 15 is 0 Å². The molecule has 0 atom stereocenters. The molecule has 0 aliphatic rings. The first-order valence-electron chi connectivity index (χ1n) is 7.98. The normalized spacial score (nSPS) is 11.2. The Bertz CT molecular complexity index is 941. The largest absolute Gasteiger partial charge is 0.573 e. The van der Waals surface area contributed by atoms with Crippen LogP contribution in [0.5, 0.6) is 11.5 Å². The fourth-order valence-electron chi connectivity index (χ4n) is 2.29. The van der Waals surface area contributed by atoms with Crippen molar-refractivity contribution in [1.82, 2.24) is 4.98 Å². The Hall–Kier alpha value is -3.14. The molecule has 146 valence electrons. The van der Waals surface area contributed by atoms with Crippen LogP contribution in [0.3, 0.4) is 0 Å². The Morgan fingerprint density at radius 3 is 2.29 bits per heavy atom. The van der Waals surface area contributed by atoms with Crippen LogP contribution in [0.25, 0.3) is 10.6 Å². The number of rotatable bonds is 7. The first-order valence-corrected chi connectivity index (χ1v) is 8.86. The van der Waals surface area contributed by atoms with Crippen LogP contribution in [0.15, 0.2) is 53.9 Å². The van der Waals surface area contributed by atoms with Crippen LogP contribution in [-0.2, 0) is 6.42 Å². The minimum Gasteiger partial charge on any atom is -0.493 e. The minimum atomic E-state index is -4.72. The first kappa shape index (κ1) is 19.6. The van der Waals surface area contributed by atoms with Gasteiger partial charge in [-0.3, -0.25) is 10.1 Å². The number of halogens is 3. The van der Waals surface area contributed by atoms with Gasteiger partial charge in [0.2, 0.25) is 0 Å². The highest BCUT2D eigenvalue weighted by Crippen LogP contribution is 2.28. The van der Waals surface area contributed by atoms with E-state index < -0.39 is 11.3 Å². The highest BCUT2D eigenvalue weighted by atomic mass is 32.1. The number of alkyl halides is 3. The van der Waals surface area contributed by atoms with Gasteiger partial charge in [-0.05, 0) is 36.4 Å². The van der Waals surface area contributed by atoms with Gasteiger partial charge in [0, 0.05) is 29.5 Å². The summed E-state index contributed by atoms with van der Waals surface area (Å²) in [6.45, 7) is 0.333. The molecule has 2 aromatic carbocycles. The van der Waals surface area contributed by atoms with Gasteiger partial charge in [-0.2, -0.15) is 0 Å². The molecule has 0 bridgehead atoms. The molecule has 0 N–H and O–H groups in total. The number of nitrogens with zero attached hydrogens (tertiary/aromatic N) is 2. The predicted octanol–water partition coefficient (Wildman–Crippen LogP) is 5.24. The molecular weight excluding hydrogens is 397 g/mol. The van der Waals surface area contributed by atoms with E-state index in [9.17, 15) is 23.3 Å². The maximum Gasteiger partial charge on any atom is 0.573 e. The zero-order chi connectivity index (χ0) is 20.1. The molecule has 0 amide bonds. The van der Waals surface area contributed by atoms with Crippen molar-refractivity contribution in [1.29, 1.82) is 0 Å². The number of aromatic nitrogens is 1. The monoisotopic (exact) mass is 410 g/mol. The molecule has 3 rings (SSSR count). The zero-order valence-electron chi connectivity index (χ0n) is 14.2. The fourth-order valence-corrected chi connectivity index (χ4v) is 3.15. The van der Waals surface area contributed by atoms with Crippen molar-refractivity contribution in [2.24, 2.45) is 0 Å². The summed E-state index contributed by atoms with van der Waals surface area (Å²) in [7, 11) is 0. The van der Waals surface area contributed by atoms with Crippen LogP contribution in [-0.4, -0.2) is 22.9 Å². The Kier molecular flexibility index (Phi) is 5.78. The summed E-state index contributed by atoms with van der Waals surface area (Å²) in [5.74, 6) is 0.228. The van der Waals surface area contributed by atoms with E-state index in [0.717, 1.165) is 5.69 Å². The lowest BCUT2D eigenvalue weighted by atomic mass is 10.2. The van der Waals surface area contributed by atoms with Gasteiger partial charge in [-0.25, -0.2) is 4.98 Å². The minimum absolute atomic E-state index is 0.0110. The molecule has 1 aromatic heterocycles. The third-order valence-corrected chi connectivity index (χ3v) is 4.50. The number of hydrogen-bond donors (Lipinski definition) is 0. The summed E-state index contributed by atoms with van der Waals surface area (Å²) in [5.41, 5.74) is 1.45. The number of benzene rings is 2. The maximum atomic E-state index is 12.2. The third-order valence-electron chi connectivity index (χ3n) is 3.56. The lowest BCUT2D eigenvalue weighted by molar-refractivity contribution is -0.384. The van der Waals surface area contributed by atoms with Crippen LogP contribution in [0.1, 0.15) is 5.69 Å². The van der Waals surface area contributed by atoms with Crippen molar-refractivity contribution < 1.29 is 27.6 Å². The molecular formula is C18H13F3N2O4S. The molecule has 0 aliphatic carbocycles. The molecule has 0 saturated heterocycles. The summed E-state index contributed by atoms with van der Waals surface area (Å²) < 4.78 is 46.0. The average molecular weight is 410 g/mol. The van der Waals surface area contributed by atoms with Crippen LogP contribution in [0.2, 0.25) is 0 Å². The molecule has 10 heteroatoms. The lowest BCUT2D eigenvalue weighted by Crippen LogP contribution is -2.16. The Balaban J connectivity index is 1.54. The van der Waals surface area contributed by atoms with Crippen LogP contribution in [0.4, 0.5) is 18.9 Å². The van der Waals surface area contributed by atoms with E-state index in [4.69, 9.17) is 4.74 Å². The summed E-state index contributed by atoms with van der Waals surface area (Å²) in [4.78, 5) is 14.6. The van der Waals surface area contributed by atoms with Crippen LogP contribution >= 0.6 is 11.3 Å². The van der Waals surface area contributed by atoms with E-state index in [-0.39, 0.29) is 11.4 Å². The standard InChI is InChI=1S/C18H13F3N2O4S/c19-18(20,21)27-16-5-1-12(2-6-16)17-22-13(11-28-17)9-10-26-15-7-3-14(4-8-15)23(24)25/h1-8,11H,9-10H2. The van der Waals surface area contributed by atoms with Gasteiger partial charge in [-0.1, -0.05) is 0 Å². The quantitative estimate of drug-likeness (QED) is 0.393. The van der Waals surface area contributed by atoms with E-state index in [0.29, 0.717) is 29.3 Å². The van der Waals surface area contributed by atoms with E-state index in [1.807, 2.05) is 5.38 Å². The Labute approximate surface area is 161 Å². The molecule has 28 heavy (non-hydrogen) atoms. The second kappa shape index (κ2) is 8.26. The van der Waals surface area contributed by atoms with E-state index in [1.54, 1.807) is 0 Å². The molecule has 0 fully saturated rings. The number of non-ortho nitro benzene ring substituents is 1. The predicted molar refractivity (Wildman–Crippen MR) is 96.5 cm³/mol. The van der Waals surface area contributed by atoms with Gasteiger partial charge in [0.25, 0.3) is 5.69 Å². The Morgan fingerprint density at radius 2 is 1.68 bits per heavy atom. The summed E-state index contributed by atoms with van der Waals surface area (Å²) in [5, 5.41) is 13.1. The van der Waals surface area contributed by atoms with Gasteiger partial charge in [-0.15, -0.1) is 24.5 Å². The average Bonchev–Trinajstić information content (AvgIpc) is 3.10. The van der Waals surface area contributed by atoms with Crippen LogP contribution in [0, 0.1) is 10.1 Å². The second-order valence-electron chi connectivity index (χ2n) is 5.57. The topological polar surface area (TPSA) is 74.5 Å². The molecule has 1 heterocycles. The van der Waals surface area contributed by atoms with Gasteiger partial charge in [0.15, 0.2) is 0 Å². The van der Waals surface area contributed by atoms with Crippen molar-refractivity contribution >= 4 is 17.0 Å². The first-order chi connectivity index (χ1) is 13.3. The van der Waals surface area contributed by atoms with Crippen LogP contribution < -0.4 is 9.47 Å². The van der Waals surface area contributed by atoms with Crippen molar-refractivity contribution in [2.45, 2.75) is 12.8 Å². The summed E-state index contributed by atoms with van der Waals surface area (Å²) in [6.07, 6.45) is -4.21. The second-order valence-corrected chi connectivity index (χ2v) is 6.42. The fraction of sp³-hybridized carbons (Fsp3) is 0.167. The highest BCUT2D eigenvalue weighted by Gasteiger charge is 2.31. The molecule has 0 aliphatic heterocycles. The third kappa shape index (κ3) is 5.43. The van der Waals surface area contributed by atoms with Gasteiger partial charge < -0.3 is 9.47 Å². The number of ether oxygens (including phenoxy) is 2. The summed E-state index contributed by atoms with van der Waals surface area (Å²) >= 11 is 1.37. The molecule has 0 saturated carbocycles. The molecule has 0 unspecified atom stereocenters. The number of thiazole rings is 1. The maximum absolute atomic E-state index is 12.2. The Morgan fingerprint density at radius 1 is 1.04 bits per heavy atom. The van der Waals surface area contributed by atoms with Gasteiger partial charge in [0.1, 0.15) is 16.5 Å². The van der Waals surface area contributed by atoms with Crippen molar-refractivity contribution in [3.05, 3.63) is 69.7 Å². The number of hydrogen-bond acceptors (Lipinski definition) is 6. The number of nitro groups is 1. The molecule has 0 radical (unpaired) electrons. The summed E-state index contributed by atoms with van der Waals surface area (Å²) in [6, 6.07) is 11.3. The smallest absolute Gasteiger partial charge is 0.493 e. The zero-order valence-corrected chi connectivity index (χ0v) is 15.0. The van der Waals surface area contributed by atoms with Crippen molar-refractivity contribution in [2.75, 3.05) is 6.61 Å². The van der Waals surface area contributed by atoms with Gasteiger partial charge in [0.05, 0.1) is 17.2 Å². The van der Waals surface area contributed by atoms with Crippen molar-refractivity contribution in [3.8, 4) is 22.1 Å². The molecule has 0 spiro atoms.